The zero-order chi connectivity index (χ0) is 15.1. The van der Waals surface area contributed by atoms with Gasteiger partial charge in [-0.1, -0.05) is 13.8 Å². The van der Waals surface area contributed by atoms with Crippen molar-refractivity contribution >= 4 is 21.8 Å². The lowest BCUT2D eigenvalue weighted by Gasteiger charge is -2.33. The van der Waals surface area contributed by atoms with E-state index in [1.54, 1.807) is 18.2 Å². The summed E-state index contributed by atoms with van der Waals surface area (Å²) in [5, 5.41) is 0.589. The molecule has 0 spiro atoms. The fourth-order valence-electron chi connectivity index (χ4n) is 2.74. The summed E-state index contributed by atoms with van der Waals surface area (Å²) in [6, 6.07) is 0. The molecule has 2 unspecified atom stereocenters. The van der Waals surface area contributed by atoms with E-state index in [1.807, 2.05) is 11.8 Å². The Morgan fingerprint density at radius 3 is 2.30 bits per heavy atom. The van der Waals surface area contributed by atoms with Gasteiger partial charge in [0.15, 0.2) is 0 Å². The maximum atomic E-state index is 12.9. The SMILES string of the molecule is Cc1oc(C)c(S(=O)(=O)N2CC(C)SC(C)C2)c1CN. The van der Waals surface area contributed by atoms with Gasteiger partial charge in [-0.2, -0.15) is 16.1 Å². The number of nitrogens with zero attached hydrogens (tertiary/aromatic N) is 1. The van der Waals surface area contributed by atoms with E-state index in [2.05, 4.69) is 13.8 Å². The van der Waals surface area contributed by atoms with Crippen molar-refractivity contribution in [3.8, 4) is 0 Å². The van der Waals surface area contributed by atoms with E-state index in [0.717, 1.165) is 0 Å². The molecule has 5 nitrogen and oxygen atoms in total. The third kappa shape index (κ3) is 2.77. The second-order valence-electron chi connectivity index (χ2n) is 5.31. The predicted octanol–water partition coefficient (Wildman–Crippen LogP) is 1.87. The van der Waals surface area contributed by atoms with Crippen molar-refractivity contribution in [3.63, 3.8) is 0 Å². The minimum atomic E-state index is -3.53. The minimum Gasteiger partial charge on any atom is -0.465 e. The van der Waals surface area contributed by atoms with Crippen LogP contribution < -0.4 is 5.73 Å². The first kappa shape index (κ1) is 15.9. The summed E-state index contributed by atoms with van der Waals surface area (Å²) in [6.45, 7) is 8.79. The van der Waals surface area contributed by atoms with Crippen LogP contribution in [0.15, 0.2) is 9.31 Å². The Kier molecular flexibility index (Phi) is 4.53. The van der Waals surface area contributed by atoms with Gasteiger partial charge in [0, 0.05) is 35.7 Å². The number of aryl methyl sites for hydroxylation is 2. The highest BCUT2D eigenvalue weighted by Gasteiger charge is 2.36. The molecule has 1 saturated heterocycles. The summed E-state index contributed by atoms with van der Waals surface area (Å²) < 4.78 is 32.8. The van der Waals surface area contributed by atoms with Crippen molar-refractivity contribution in [1.29, 1.82) is 0 Å². The summed E-state index contributed by atoms with van der Waals surface area (Å²) in [4.78, 5) is 0.267. The number of rotatable bonds is 3. The fraction of sp³-hybridized carbons (Fsp3) is 0.692. The molecular formula is C13H22N2O3S2. The van der Waals surface area contributed by atoms with Crippen molar-refractivity contribution < 1.29 is 12.8 Å². The van der Waals surface area contributed by atoms with E-state index in [1.165, 1.54) is 0 Å². The van der Waals surface area contributed by atoms with Gasteiger partial charge >= 0.3 is 0 Å². The number of sulfonamides is 1. The summed E-state index contributed by atoms with van der Waals surface area (Å²) in [5.41, 5.74) is 6.30. The van der Waals surface area contributed by atoms with Crippen molar-refractivity contribution in [2.24, 2.45) is 5.73 Å². The number of furan rings is 1. The van der Waals surface area contributed by atoms with Crippen LogP contribution in [-0.2, 0) is 16.6 Å². The van der Waals surface area contributed by atoms with Crippen LogP contribution in [0.4, 0.5) is 0 Å². The highest BCUT2D eigenvalue weighted by Crippen LogP contribution is 2.33. The van der Waals surface area contributed by atoms with E-state index in [-0.39, 0.29) is 11.4 Å². The zero-order valence-corrected chi connectivity index (χ0v) is 14.0. The largest absolute Gasteiger partial charge is 0.465 e. The third-order valence-corrected chi connectivity index (χ3v) is 6.77. The molecule has 1 aromatic rings. The Labute approximate surface area is 124 Å². The van der Waals surface area contributed by atoms with Crippen LogP contribution >= 0.6 is 11.8 Å². The topological polar surface area (TPSA) is 76.5 Å². The first-order valence-electron chi connectivity index (χ1n) is 6.72. The monoisotopic (exact) mass is 318 g/mol. The standard InChI is InChI=1S/C13H22N2O3S2/c1-8-6-15(7-9(2)19-8)20(16,17)13-11(4)18-10(3)12(13)5-14/h8-9H,5-7,14H2,1-4H3. The molecule has 0 aromatic carbocycles. The molecule has 7 heteroatoms. The number of thioether (sulfide) groups is 1. The van der Waals surface area contributed by atoms with Crippen molar-refractivity contribution in [2.75, 3.05) is 13.1 Å². The van der Waals surface area contributed by atoms with Gasteiger partial charge in [-0.05, 0) is 13.8 Å². The zero-order valence-electron chi connectivity index (χ0n) is 12.3. The lowest BCUT2D eigenvalue weighted by molar-refractivity contribution is 0.402. The molecule has 2 N–H and O–H groups in total. The molecule has 2 heterocycles. The molecule has 0 radical (unpaired) electrons. The molecule has 2 atom stereocenters. The van der Waals surface area contributed by atoms with Gasteiger partial charge in [0.05, 0.1) is 0 Å². The molecule has 0 aliphatic carbocycles. The Bertz CT molecular complexity index is 585. The van der Waals surface area contributed by atoms with Crippen molar-refractivity contribution in [2.45, 2.75) is 49.6 Å². The second-order valence-corrected chi connectivity index (χ2v) is 9.06. The maximum absolute atomic E-state index is 12.9. The molecule has 20 heavy (non-hydrogen) atoms. The van der Waals surface area contributed by atoms with Crippen molar-refractivity contribution in [3.05, 3.63) is 17.1 Å². The molecule has 0 bridgehead atoms. The van der Waals surface area contributed by atoms with Crippen LogP contribution in [0.25, 0.3) is 0 Å². The molecule has 0 amide bonds. The molecule has 114 valence electrons. The normalized spacial score (nSPS) is 25.1. The number of hydrogen-bond acceptors (Lipinski definition) is 5. The average molecular weight is 318 g/mol. The summed E-state index contributed by atoms with van der Waals surface area (Å²) in [7, 11) is -3.53. The molecule has 1 aliphatic rings. The Hall–Kier alpha value is -0.500. The third-order valence-electron chi connectivity index (χ3n) is 3.51. The highest BCUT2D eigenvalue weighted by molar-refractivity contribution is 8.00. The summed E-state index contributed by atoms with van der Waals surface area (Å²) >= 11 is 1.82. The first-order valence-corrected chi connectivity index (χ1v) is 9.10. The number of hydrogen-bond donors (Lipinski definition) is 1. The molecule has 1 aliphatic heterocycles. The quantitative estimate of drug-likeness (QED) is 0.920. The average Bonchev–Trinajstić information content (AvgIpc) is 2.62. The molecular weight excluding hydrogens is 296 g/mol. The van der Waals surface area contributed by atoms with Gasteiger partial charge < -0.3 is 10.2 Å². The van der Waals surface area contributed by atoms with Gasteiger partial charge in [0.1, 0.15) is 16.4 Å². The molecule has 0 saturated carbocycles. The van der Waals surface area contributed by atoms with Crippen LogP contribution in [0.2, 0.25) is 0 Å². The van der Waals surface area contributed by atoms with E-state index >= 15 is 0 Å². The first-order chi connectivity index (χ1) is 9.27. The van der Waals surface area contributed by atoms with Crippen LogP contribution in [0, 0.1) is 13.8 Å². The van der Waals surface area contributed by atoms with Crippen LogP contribution in [0.5, 0.6) is 0 Å². The number of nitrogens with two attached hydrogens (primary N) is 1. The van der Waals surface area contributed by atoms with E-state index < -0.39 is 10.0 Å². The van der Waals surface area contributed by atoms with Crippen LogP contribution in [0.1, 0.15) is 30.9 Å². The van der Waals surface area contributed by atoms with Crippen LogP contribution in [-0.4, -0.2) is 36.3 Å². The summed E-state index contributed by atoms with van der Waals surface area (Å²) in [6.07, 6.45) is 0. The Morgan fingerprint density at radius 2 is 1.80 bits per heavy atom. The minimum absolute atomic E-state index is 0.172. The van der Waals surface area contributed by atoms with Crippen molar-refractivity contribution in [1.82, 2.24) is 4.31 Å². The predicted molar refractivity (Wildman–Crippen MR) is 81.3 cm³/mol. The maximum Gasteiger partial charge on any atom is 0.246 e. The lowest BCUT2D eigenvalue weighted by atomic mass is 10.2. The second kappa shape index (κ2) is 5.71. The van der Waals surface area contributed by atoms with Gasteiger partial charge in [-0.3, -0.25) is 0 Å². The van der Waals surface area contributed by atoms with Gasteiger partial charge in [0.2, 0.25) is 10.0 Å². The van der Waals surface area contributed by atoms with Crippen LogP contribution in [0.3, 0.4) is 0 Å². The molecule has 1 fully saturated rings. The molecule has 1 aromatic heterocycles. The van der Waals surface area contributed by atoms with E-state index in [0.29, 0.717) is 40.7 Å². The van der Waals surface area contributed by atoms with Gasteiger partial charge in [-0.25, -0.2) is 8.42 Å². The van der Waals surface area contributed by atoms with Gasteiger partial charge in [0.25, 0.3) is 0 Å². The summed E-state index contributed by atoms with van der Waals surface area (Å²) in [5.74, 6) is 1.03. The smallest absolute Gasteiger partial charge is 0.246 e. The van der Waals surface area contributed by atoms with Gasteiger partial charge in [-0.15, -0.1) is 0 Å². The molecule has 2 rings (SSSR count). The highest BCUT2D eigenvalue weighted by atomic mass is 32.2. The fourth-order valence-corrected chi connectivity index (χ4v) is 6.29. The Balaban J connectivity index is 2.45. The van der Waals surface area contributed by atoms with E-state index in [4.69, 9.17) is 10.2 Å². The van der Waals surface area contributed by atoms with E-state index in [9.17, 15) is 8.42 Å². The Morgan fingerprint density at radius 1 is 1.25 bits per heavy atom. The lowest BCUT2D eigenvalue weighted by Crippen LogP contribution is -2.44.